The highest BCUT2D eigenvalue weighted by Crippen LogP contribution is 2.27. The molecule has 0 aliphatic carbocycles. The molecule has 0 aliphatic rings. The Balaban J connectivity index is 1.92. The van der Waals surface area contributed by atoms with Gasteiger partial charge in [-0.1, -0.05) is 41.9 Å². The van der Waals surface area contributed by atoms with Gasteiger partial charge in [0, 0.05) is 29.4 Å². The number of halogens is 1. The molecule has 5 nitrogen and oxygen atoms in total. The van der Waals surface area contributed by atoms with Gasteiger partial charge in [0.15, 0.2) is 11.6 Å². The van der Waals surface area contributed by atoms with E-state index in [0.29, 0.717) is 22.2 Å². The van der Waals surface area contributed by atoms with E-state index in [2.05, 4.69) is 15.1 Å². The molecule has 0 spiro atoms. The molecule has 1 heterocycles. The van der Waals surface area contributed by atoms with Crippen LogP contribution in [0.2, 0.25) is 5.02 Å². The molecule has 3 aromatic rings. The number of anilines is 1. The summed E-state index contributed by atoms with van der Waals surface area (Å²) in [5.74, 6) is 1.21. The highest BCUT2D eigenvalue weighted by atomic mass is 35.5. The van der Waals surface area contributed by atoms with Crippen molar-refractivity contribution in [2.75, 3.05) is 12.1 Å². The van der Waals surface area contributed by atoms with Crippen molar-refractivity contribution in [3.8, 4) is 17.1 Å². The first-order valence-corrected chi connectivity index (χ1v) is 8.08. The van der Waals surface area contributed by atoms with Crippen LogP contribution in [0.4, 0.5) is 5.82 Å². The van der Waals surface area contributed by atoms with Crippen molar-refractivity contribution >= 4 is 23.6 Å². The average molecular weight is 353 g/mol. The summed E-state index contributed by atoms with van der Waals surface area (Å²) in [4.78, 5) is 8.92. The summed E-state index contributed by atoms with van der Waals surface area (Å²) >= 11 is 6.14. The van der Waals surface area contributed by atoms with Gasteiger partial charge >= 0.3 is 0 Å². The average Bonchev–Trinajstić information content (AvgIpc) is 2.60. The monoisotopic (exact) mass is 352 g/mol. The molecule has 0 radical (unpaired) electrons. The van der Waals surface area contributed by atoms with Crippen LogP contribution in [0.25, 0.3) is 11.4 Å². The summed E-state index contributed by atoms with van der Waals surface area (Å²) in [7, 11) is 1.80. The standard InChI is InChI=1S/C19H17ClN4O/c1-13-11-18(23-19(22-13)15-8-4-6-10-17(15)25)24(2)21-12-14-7-3-5-9-16(14)20/h3-12,25H,1-2H3/b21-12+. The van der Waals surface area contributed by atoms with Crippen LogP contribution in [0.3, 0.4) is 0 Å². The lowest BCUT2D eigenvalue weighted by molar-refractivity contribution is 0.477. The lowest BCUT2D eigenvalue weighted by atomic mass is 10.2. The Morgan fingerprint density at radius 2 is 1.80 bits per heavy atom. The largest absolute Gasteiger partial charge is 0.507 e. The highest BCUT2D eigenvalue weighted by Gasteiger charge is 2.11. The Hall–Kier alpha value is -2.92. The predicted octanol–water partition coefficient (Wildman–Crippen LogP) is 4.28. The maximum Gasteiger partial charge on any atom is 0.165 e. The maximum absolute atomic E-state index is 10.0. The van der Waals surface area contributed by atoms with Gasteiger partial charge in [-0.3, -0.25) is 5.01 Å². The molecule has 126 valence electrons. The van der Waals surface area contributed by atoms with E-state index in [9.17, 15) is 5.11 Å². The molecule has 0 aliphatic heterocycles. The molecule has 0 unspecified atom stereocenters. The Bertz CT molecular complexity index is 927. The molecular weight excluding hydrogens is 336 g/mol. The van der Waals surface area contributed by atoms with Gasteiger partial charge in [-0.15, -0.1) is 0 Å². The van der Waals surface area contributed by atoms with Crippen molar-refractivity contribution in [3.05, 3.63) is 70.9 Å². The van der Waals surface area contributed by atoms with Crippen molar-refractivity contribution in [1.82, 2.24) is 9.97 Å². The maximum atomic E-state index is 10.0. The Morgan fingerprint density at radius 3 is 2.56 bits per heavy atom. The quantitative estimate of drug-likeness (QED) is 0.562. The van der Waals surface area contributed by atoms with Gasteiger partial charge in [0.2, 0.25) is 0 Å². The van der Waals surface area contributed by atoms with Crippen LogP contribution in [0.1, 0.15) is 11.3 Å². The van der Waals surface area contributed by atoms with Crippen LogP contribution in [-0.4, -0.2) is 28.3 Å². The first kappa shape index (κ1) is 16.9. The van der Waals surface area contributed by atoms with Crippen LogP contribution in [-0.2, 0) is 0 Å². The molecule has 25 heavy (non-hydrogen) atoms. The summed E-state index contributed by atoms with van der Waals surface area (Å²) < 4.78 is 0. The molecular formula is C19H17ClN4O. The predicted molar refractivity (Wildman–Crippen MR) is 101 cm³/mol. The zero-order valence-corrected chi connectivity index (χ0v) is 14.6. The molecule has 0 saturated heterocycles. The number of aromatic hydroxyl groups is 1. The minimum atomic E-state index is 0.140. The number of phenolic OH excluding ortho intramolecular Hbond substituents is 1. The van der Waals surface area contributed by atoms with E-state index < -0.39 is 0 Å². The molecule has 0 amide bonds. The second kappa shape index (κ2) is 7.32. The molecule has 0 atom stereocenters. The van der Waals surface area contributed by atoms with Crippen LogP contribution < -0.4 is 5.01 Å². The Morgan fingerprint density at radius 1 is 1.08 bits per heavy atom. The number of hydrogen-bond acceptors (Lipinski definition) is 5. The number of nitrogens with zero attached hydrogens (tertiary/aromatic N) is 4. The lowest BCUT2D eigenvalue weighted by Gasteiger charge is -2.14. The first-order chi connectivity index (χ1) is 12.0. The van der Waals surface area contributed by atoms with Crippen molar-refractivity contribution in [3.63, 3.8) is 0 Å². The van der Waals surface area contributed by atoms with Crippen LogP contribution in [0.15, 0.2) is 59.7 Å². The van der Waals surface area contributed by atoms with E-state index in [1.54, 1.807) is 36.5 Å². The van der Waals surface area contributed by atoms with Gasteiger partial charge in [0.1, 0.15) is 5.75 Å². The second-order valence-corrected chi connectivity index (χ2v) is 5.91. The molecule has 1 N–H and O–H groups in total. The van der Waals surface area contributed by atoms with Crippen molar-refractivity contribution in [1.29, 1.82) is 0 Å². The Labute approximate surface area is 151 Å². The van der Waals surface area contributed by atoms with Crippen LogP contribution >= 0.6 is 11.6 Å². The van der Waals surface area contributed by atoms with Gasteiger partial charge in [0.25, 0.3) is 0 Å². The molecule has 6 heteroatoms. The lowest BCUT2D eigenvalue weighted by Crippen LogP contribution is -2.12. The number of benzene rings is 2. The second-order valence-electron chi connectivity index (χ2n) is 5.50. The molecule has 0 saturated carbocycles. The van der Waals surface area contributed by atoms with E-state index in [1.807, 2.05) is 43.3 Å². The van der Waals surface area contributed by atoms with Gasteiger partial charge < -0.3 is 5.11 Å². The third-order valence-electron chi connectivity index (χ3n) is 3.59. The number of rotatable bonds is 4. The smallest absolute Gasteiger partial charge is 0.165 e. The van der Waals surface area contributed by atoms with Gasteiger partial charge in [-0.05, 0) is 25.1 Å². The fraction of sp³-hybridized carbons (Fsp3) is 0.105. The molecule has 1 aromatic heterocycles. The number of hydrogen-bond donors (Lipinski definition) is 1. The zero-order chi connectivity index (χ0) is 17.8. The van der Waals surface area contributed by atoms with Crippen LogP contribution in [0, 0.1) is 6.92 Å². The normalized spacial score (nSPS) is 11.0. The number of phenols is 1. The van der Waals surface area contributed by atoms with E-state index in [1.165, 1.54) is 0 Å². The summed E-state index contributed by atoms with van der Waals surface area (Å²) in [6.07, 6.45) is 1.68. The summed E-state index contributed by atoms with van der Waals surface area (Å²) in [6.45, 7) is 1.88. The summed E-state index contributed by atoms with van der Waals surface area (Å²) in [6, 6.07) is 16.3. The topological polar surface area (TPSA) is 61.6 Å². The van der Waals surface area contributed by atoms with E-state index in [4.69, 9.17) is 11.6 Å². The summed E-state index contributed by atoms with van der Waals surface area (Å²) in [5, 5.41) is 16.7. The van der Waals surface area contributed by atoms with E-state index >= 15 is 0 Å². The number of aromatic nitrogens is 2. The molecule has 0 fully saturated rings. The number of hydrazone groups is 1. The van der Waals surface area contributed by atoms with Crippen molar-refractivity contribution < 1.29 is 5.11 Å². The minimum Gasteiger partial charge on any atom is -0.507 e. The third-order valence-corrected chi connectivity index (χ3v) is 3.94. The van der Waals surface area contributed by atoms with E-state index in [0.717, 1.165) is 11.3 Å². The molecule has 3 rings (SSSR count). The molecule has 2 aromatic carbocycles. The molecule has 0 bridgehead atoms. The van der Waals surface area contributed by atoms with Gasteiger partial charge in [-0.2, -0.15) is 5.10 Å². The number of aryl methyl sites for hydroxylation is 1. The minimum absolute atomic E-state index is 0.140. The SMILES string of the molecule is Cc1cc(N(C)/N=C/c2ccccc2Cl)nc(-c2ccccc2O)n1. The van der Waals surface area contributed by atoms with E-state index in [-0.39, 0.29) is 5.75 Å². The summed E-state index contributed by atoms with van der Waals surface area (Å²) in [5.41, 5.74) is 2.18. The van der Waals surface area contributed by atoms with Crippen molar-refractivity contribution in [2.45, 2.75) is 6.92 Å². The van der Waals surface area contributed by atoms with Crippen molar-refractivity contribution in [2.24, 2.45) is 5.10 Å². The third kappa shape index (κ3) is 3.95. The highest BCUT2D eigenvalue weighted by molar-refractivity contribution is 6.33. The first-order valence-electron chi connectivity index (χ1n) is 7.71. The Kier molecular flexibility index (Phi) is 4.95. The number of para-hydroxylation sites is 1. The zero-order valence-electron chi connectivity index (χ0n) is 13.9. The fourth-order valence-electron chi connectivity index (χ4n) is 2.29. The van der Waals surface area contributed by atoms with Gasteiger partial charge in [-0.25, -0.2) is 9.97 Å². The van der Waals surface area contributed by atoms with Gasteiger partial charge in [0.05, 0.1) is 11.8 Å². The fourth-order valence-corrected chi connectivity index (χ4v) is 2.47. The van der Waals surface area contributed by atoms with Crippen LogP contribution in [0.5, 0.6) is 5.75 Å².